The van der Waals surface area contributed by atoms with E-state index < -0.39 is 6.29 Å². The van der Waals surface area contributed by atoms with Gasteiger partial charge in [-0.15, -0.1) is 0 Å². The van der Waals surface area contributed by atoms with Crippen molar-refractivity contribution in [2.75, 3.05) is 6.54 Å². The van der Waals surface area contributed by atoms with E-state index in [4.69, 9.17) is 10.8 Å². The Morgan fingerprint density at radius 3 is 2.62 bits per heavy atom. The first kappa shape index (κ1) is 7.84. The van der Waals surface area contributed by atoms with E-state index in [2.05, 4.69) is 10.7 Å². The molecule has 0 bridgehead atoms. The highest BCUT2D eigenvalue weighted by Crippen LogP contribution is 1.92. The van der Waals surface area contributed by atoms with Gasteiger partial charge in [0.05, 0.1) is 0 Å². The molecule has 0 amide bonds. The molecule has 1 atom stereocenters. The molecule has 0 aromatic rings. The van der Waals surface area contributed by atoms with Crippen LogP contribution in [-0.2, 0) is 4.84 Å². The summed E-state index contributed by atoms with van der Waals surface area (Å²) in [5, 5.41) is 8.59. The molecule has 50 valence electrons. The van der Waals surface area contributed by atoms with Crippen molar-refractivity contribution >= 4 is 0 Å². The van der Waals surface area contributed by atoms with Crippen LogP contribution in [0.5, 0.6) is 0 Å². The van der Waals surface area contributed by atoms with Crippen molar-refractivity contribution in [2.24, 2.45) is 11.6 Å². The summed E-state index contributed by atoms with van der Waals surface area (Å²) >= 11 is 0. The highest BCUT2D eigenvalue weighted by atomic mass is 16.7. The van der Waals surface area contributed by atoms with Gasteiger partial charge < -0.3 is 10.8 Å². The van der Waals surface area contributed by atoms with E-state index in [1.807, 2.05) is 0 Å². The SMILES string of the molecule is NCCCC(O)ON. The van der Waals surface area contributed by atoms with Gasteiger partial charge in [0.2, 0.25) is 0 Å². The molecular formula is C4H12N2O2. The lowest BCUT2D eigenvalue weighted by Crippen LogP contribution is -2.17. The Kier molecular flexibility index (Phi) is 4.89. The summed E-state index contributed by atoms with van der Waals surface area (Å²) in [6.45, 7) is 0.556. The molecule has 0 fully saturated rings. The molecule has 0 heterocycles. The maximum absolute atomic E-state index is 8.59. The van der Waals surface area contributed by atoms with E-state index in [1.165, 1.54) is 0 Å². The van der Waals surface area contributed by atoms with E-state index in [0.717, 1.165) is 6.42 Å². The Balaban J connectivity index is 2.86. The number of rotatable bonds is 4. The molecule has 0 aliphatic heterocycles. The largest absolute Gasteiger partial charge is 0.366 e. The maximum Gasteiger partial charge on any atom is 0.174 e. The quantitative estimate of drug-likeness (QED) is 0.326. The summed E-state index contributed by atoms with van der Waals surface area (Å²) in [5.74, 6) is 4.62. The summed E-state index contributed by atoms with van der Waals surface area (Å²) in [7, 11) is 0. The van der Waals surface area contributed by atoms with E-state index in [0.29, 0.717) is 13.0 Å². The maximum atomic E-state index is 8.59. The third kappa shape index (κ3) is 4.01. The molecule has 4 nitrogen and oxygen atoms in total. The predicted molar refractivity (Wildman–Crippen MR) is 29.6 cm³/mol. The van der Waals surface area contributed by atoms with Crippen LogP contribution in [0.25, 0.3) is 0 Å². The molecule has 4 heteroatoms. The summed E-state index contributed by atoms with van der Waals surface area (Å²) < 4.78 is 0. The molecule has 0 aromatic carbocycles. The van der Waals surface area contributed by atoms with E-state index in [-0.39, 0.29) is 0 Å². The van der Waals surface area contributed by atoms with Gasteiger partial charge in [-0.1, -0.05) is 0 Å². The first-order valence-electron chi connectivity index (χ1n) is 2.55. The molecule has 5 N–H and O–H groups in total. The van der Waals surface area contributed by atoms with Gasteiger partial charge in [0.25, 0.3) is 0 Å². The number of nitrogens with two attached hydrogens (primary N) is 2. The van der Waals surface area contributed by atoms with Crippen LogP contribution in [0.1, 0.15) is 12.8 Å². The minimum Gasteiger partial charge on any atom is -0.366 e. The standard InChI is InChI=1S/C4H12N2O2/c5-3-1-2-4(7)8-6/h4,7H,1-3,5-6H2. The van der Waals surface area contributed by atoms with Crippen molar-refractivity contribution in [1.29, 1.82) is 0 Å². The zero-order valence-corrected chi connectivity index (χ0v) is 4.71. The van der Waals surface area contributed by atoms with Crippen molar-refractivity contribution in [3.8, 4) is 0 Å². The normalized spacial score (nSPS) is 13.9. The first-order chi connectivity index (χ1) is 3.81. The lowest BCUT2D eigenvalue weighted by molar-refractivity contribution is -0.106. The second kappa shape index (κ2) is 4.99. The van der Waals surface area contributed by atoms with Gasteiger partial charge in [-0.05, 0) is 13.0 Å². The van der Waals surface area contributed by atoms with Crippen LogP contribution in [0.2, 0.25) is 0 Å². The van der Waals surface area contributed by atoms with Gasteiger partial charge in [0, 0.05) is 6.42 Å². The van der Waals surface area contributed by atoms with Crippen LogP contribution in [0.4, 0.5) is 0 Å². The predicted octanol–water partition coefficient (Wildman–Crippen LogP) is -1.07. The lowest BCUT2D eigenvalue weighted by Gasteiger charge is -2.03. The van der Waals surface area contributed by atoms with Crippen molar-refractivity contribution in [3.05, 3.63) is 0 Å². The zero-order valence-electron chi connectivity index (χ0n) is 4.71. The number of hydrogen-bond donors (Lipinski definition) is 3. The fourth-order valence-electron chi connectivity index (χ4n) is 0.361. The average molecular weight is 120 g/mol. The summed E-state index contributed by atoms with van der Waals surface area (Å²) in [6, 6.07) is 0. The summed E-state index contributed by atoms with van der Waals surface area (Å²) in [4.78, 5) is 4.05. The number of aliphatic hydroxyl groups excluding tert-OH is 1. The van der Waals surface area contributed by atoms with E-state index in [1.54, 1.807) is 0 Å². The molecule has 0 rings (SSSR count). The zero-order chi connectivity index (χ0) is 6.41. The highest BCUT2D eigenvalue weighted by molar-refractivity contribution is 4.41. The van der Waals surface area contributed by atoms with E-state index >= 15 is 0 Å². The van der Waals surface area contributed by atoms with Crippen LogP contribution in [0.3, 0.4) is 0 Å². The monoisotopic (exact) mass is 120 g/mol. The van der Waals surface area contributed by atoms with Gasteiger partial charge in [0.1, 0.15) is 0 Å². The molecule has 0 saturated heterocycles. The smallest absolute Gasteiger partial charge is 0.174 e. The van der Waals surface area contributed by atoms with Crippen molar-refractivity contribution in [2.45, 2.75) is 19.1 Å². The summed E-state index contributed by atoms with van der Waals surface area (Å²) in [5.41, 5.74) is 5.12. The average Bonchev–Trinajstić information content (AvgIpc) is 1.83. The molecule has 0 aliphatic carbocycles. The molecule has 0 radical (unpaired) electrons. The number of hydrogen-bond acceptors (Lipinski definition) is 4. The second-order valence-electron chi connectivity index (χ2n) is 1.52. The van der Waals surface area contributed by atoms with E-state index in [9.17, 15) is 0 Å². The first-order valence-corrected chi connectivity index (χ1v) is 2.55. The number of aliphatic hydroxyl groups is 1. The molecule has 0 aliphatic rings. The summed E-state index contributed by atoms with van der Waals surface area (Å²) in [6.07, 6.45) is 0.393. The van der Waals surface area contributed by atoms with Crippen molar-refractivity contribution in [1.82, 2.24) is 0 Å². The molecule has 0 spiro atoms. The Hall–Kier alpha value is -0.160. The Morgan fingerprint density at radius 2 is 2.25 bits per heavy atom. The molecule has 0 saturated carbocycles. The van der Waals surface area contributed by atoms with Crippen LogP contribution in [0.15, 0.2) is 0 Å². The lowest BCUT2D eigenvalue weighted by atomic mass is 10.3. The fourth-order valence-corrected chi connectivity index (χ4v) is 0.361. The van der Waals surface area contributed by atoms with Crippen LogP contribution in [-0.4, -0.2) is 17.9 Å². The van der Waals surface area contributed by atoms with Gasteiger partial charge >= 0.3 is 0 Å². The Labute approximate surface area is 48.4 Å². The third-order valence-corrected chi connectivity index (χ3v) is 0.812. The van der Waals surface area contributed by atoms with Gasteiger partial charge in [-0.2, -0.15) is 0 Å². The van der Waals surface area contributed by atoms with Crippen LogP contribution in [0, 0.1) is 0 Å². The van der Waals surface area contributed by atoms with Gasteiger partial charge in [0.15, 0.2) is 6.29 Å². The highest BCUT2D eigenvalue weighted by Gasteiger charge is 1.97. The minimum absolute atomic E-state index is 0.507. The molecule has 0 aromatic heterocycles. The Bertz CT molecular complexity index is 51.3. The topological polar surface area (TPSA) is 81.5 Å². The van der Waals surface area contributed by atoms with Crippen molar-refractivity contribution < 1.29 is 9.94 Å². The second-order valence-corrected chi connectivity index (χ2v) is 1.52. The van der Waals surface area contributed by atoms with Gasteiger partial charge in [-0.3, -0.25) is 4.84 Å². The van der Waals surface area contributed by atoms with Gasteiger partial charge in [-0.25, -0.2) is 5.90 Å². The minimum atomic E-state index is -0.849. The third-order valence-electron chi connectivity index (χ3n) is 0.812. The molecule has 1 unspecified atom stereocenters. The Morgan fingerprint density at radius 1 is 1.62 bits per heavy atom. The fraction of sp³-hybridized carbons (Fsp3) is 1.00. The van der Waals surface area contributed by atoms with Crippen LogP contribution < -0.4 is 11.6 Å². The molecular weight excluding hydrogens is 108 g/mol. The van der Waals surface area contributed by atoms with Crippen molar-refractivity contribution in [3.63, 3.8) is 0 Å². The molecule has 8 heavy (non-hydrogen) atoms. The van der Waals surface area contributed by atoms with Crippen LogP contribution >= 0.6 is 0 Å².